The van der Waals surface area contributed by atoms with Crippen molar-refractivity contribution < 1.29 is 4.74 Å². The quantitative estimate of drug-likeness (QED) is 0.538. The molecule has 5 rings (SSSR count). The lowest BCUT2D eigenvalue weighted by atomic mass is 9.88. The minimum Gasteiger partial charge on any atom is -0.460 e. The second-order valence-corrected chi connectivity index (χ2v) is 7.93. The number of benzene rings is 1. The van der Waals surface area contributed by atoms with Gasteiger partial charge in [0.2, 0.25) is 5.88 Å². The van der Waals surface area contributed by atoms with E-state index in [1.54, 1.807) is 15.7 Å². The van der Waals surface area contributed by atoms with E-state index >= 15 is 0 Å². The molecule has 4 heterocycles. The molecule has 1 aliphatic rings. The Labute approximate surface area is 152 Å². The fourth-order valence-electron chi connectivity index (χ4n) is 3.44. The number of hydrogen-bond acceptors (Lipinski definition) is 5. The first-order chi connectivity index (χ1) is 12.2. The maximum atomic E-state index is 13.0. The molecule has 4 nitrogen and oxygen atoms in total. The largest absolute Gasteiger partial charge is 0.460 e. The van der Waals surface area contributed by atoms with Crippen LogP contribution in [0.2, 0.25) is 0 Å². The van der Waals surface area contributed by atoms with Crippen molar-refractivity contribution in [3.05, 3.63) is 85.3 Å². The first-order valence-electron chi connectivity index (χ1n) is 7.97. The molecule has 0 aliphatic carbocycles. The van der Waals surface area contributed by atoms with Gasteiger partial charge in [-0.15, -0.1) is 22.7 Å². The molecule has 1 aromatic carbocycles. The van der Waals surface area contributed by atoms with Crippen molar-refractivity contribution in [2.75, 3.05) is 0 Å². The Balaban J connectivity index is 1.77. The predicted molar refractivity (Wildman–Crippen MR) is 99.9 cm³/mol. The van der Waals surface area contributed by atoms with Gasteiger partial charge in [-0.05, 0) is 18.4 Å². The van der Waals surface area contributed by atoms with Gasteiger partial charge in [0.25, 0.3) is 5.56 Å². The molecule has 6 heteroatoms. The zero-order valence-electron chi connectivity index (χ0n) is 13.4. The molecule has 0 fully saturated rings. The Morgan fingerprint density at radius 2 is 2.00 bits per heavy atom. The van der Waals surface area contributed by atoms with Crippen molar-refractivity contribution in [3.8, 4) is 5.88 Å². The van der Waals surface area contributed by atoms with Crippen LogP contribution >= 0.6 is 22.7 Å². The standard InChI is InChI=1S/C19H14N2O2S2/c1-12-11-25-18-20-16-14(17(22)21(12)18)10-19(23-16,15-8-5-9-24-15)13-6-3-2-4-7-13/h2-9,11H,10H2,1H3. The second kappa shape index (κ2) is 5.28. The highest BCUT2D eigenvalue weighted by molar-refractivity contribution is 7.15. The molecule has 0 radical (unpaired) electrons. The van der Waals surface area contributed by atoms with Gasteiger partial charge >= 0.3 is 0 Å². The number of nitrogens with zero attached hydrogens (tertiary/aromatic N) is 2. The van der Waals surface area contributed by atoms with Crippen LogP contribution in [0.4, 0.5) is 0 Å². The van der Waals surface area contributed by atoms with Gasteiger partial charge in [-0.25, -0.2) is 0 Å². The van der Waals surface area contributed by atoms with Crippen molar-refractivity contribution in [1.82, 2.24) is 9.38 Å². The van der Waals surface area contributed by atoms with E-state index in [1.807, 2.05) is 41.9 Å². The number of aryl methyl sites for hydroxylation is 1. The number of fused-ring (bicyclic) bond motifs is 2. The summed E-state index contributed by atoms with van der Waals surface area (Å²) in [5.74, 6) is 0.462. The summed E-state index contributed by atoms with van der Waals surface area (Å²) in [6.45, 7) is 1.93. The van der Waals surface area contributed by atoms with E-state index in [1.165, 1.54) is 11.3 Å². The number of ether oxygens (including phenoxy) is 1. The third kappa shape index (κ3) is 2.04. The topological polar surface area (TPSA) is 43.6 Å². The van der Waals surface area contributed by atoms with Gasteiger partial charge in [0.15, 0.2) is 10.6 Å². The zero-order valence-corrected chi connectivity index (χ0v) is 15.1. The summed E-state index contributed by atoms with van der Waals surface area (Å²) in [4.78, 5) is 19.4. The molecule has 0 spiro atoms. The predicted octanol–water partition coefficient (Wildman–Crippen LogP) is 4.00. The van der Waals surface area contributed by atoms with Crippen LogP contribution in [0.5, 0.6) is 5.88 Å². The fraction of sp³-hybridized carbons (Fsp3) is 0.158. The van der Waals surface area contributed by atoms with Crippen LogP contribution in [-0.4, -0.2) is 9.38 Å². The Bertz CT molecular complexity index is 1130. The van der Waals surface area contributed by atoms with Crippen molar-refractivity contribution >= 4 is 27.6 Å². The van der Waals surface area contributed by atoms with E-state index in [0.717, 1.165) is 16.1 Å². The van der Waals surface area contributed by atoms with Gasteiger partial charge in [-0.3, -0.25) is 9.20 Å². The van der Waals surface area contributed by atoms with Crippen LogP contribution in [-0.2, 0) is 12.0 Å². The zero-order chi connectivity index (χ0) is 17.0. The fourth-order valence-corrected chi connectivity index (χ4v) is 5.17. The highest BCUT2D eigenvalue weighted by atomic mass is 32.1. The molecule has 124 valence electrons. The summed E-state index contributed by atoms with van der Waals surface area (Å²) in [6, 6.07) is 14.2. The Morgan fingerprint density at radius 3 is 2.76 bits per heavy atom. The number of rotatable bonds is 2. The Morgan fingerprint density at radius 1 is 1.16 bits per heavy atom. The maximum absolute atomic E-state index is 13.0. The molecule has 4 aromatic rings. The third-order valence-corrected chi connectivity index (χ3v) is 6.61. The van der Waals surface area contributed by atoms with Gasteiger partial charge in [0.05, 0.1) is 10.4 Å². The van der Waals surface area contributed by atoms with E-state index in [2.05, 4.69) is 23.2 Å². The molecular weight excluding hydrogens is 352 g/mol. The molecule has 25 heavy (non-hydrogen) atoms. The smallest absolute Gasteiger partial charge is 0.265 e. The summed E-state index contributed by atoms with van der Waals surface area (Å²) in [6.07, 6.45) is 0.497. The average molecular weight is 366 g/mol. The monoisotopic (exact) mass is 366 g/mol. The third-order valence-electron chi connectivity index (χ3n) is 4.65. The molecule has 1 aliphatic heterocycles. The normalized spacial score (nSPS) is 19.1. The minimum atomic E-state index is -0.679. The highest BCUT2D eigenvalue weighted by Crippen LogP contribution is 2.45. The molecule has 0 saturated carbocycles. The molecule has 3 aromatic heterocycles. The SMILES string of the molecule is Cc1csc2nc3c(c(=O)n12)CC(c1ccccc1)(c1cccs1)O3. The summed E-state index contributed by atoms with van der Waals surface area (Å²) in [5.41, 5.74) is 1.90. The summed E-state index contributed by atoms with van der Waals surface area (Å²) in [5, 5.41) is 3.98. The lowest BCUT2D eigenvalue weighted by Gasteiger charge is -2.27. The van der Waals surface area contributed by atoms with E-state index in [9.17, 15) is 4.79 Å². The van der Waals surface area contributed by atoms with Crippen molar-refractivity contribution in [1.29, 1.82) is 0 Å². The lowest BCUT2D eigenvalue weighted by Crippen LogP contribution is -2.32. The highest BCUT2D eigenvalue weighted by Gasteiger charge is 2.46. The molecule has 1 unspecified atom stereocenters. The molecule has 0 N–H and O–H groups in total. The molecule has 0 amide bonds. The van der Waals surface area contributed by atoms with Gasteiger partial charge in [-0.2, -0.15) is 4.98 Å². The number of aromatic nitrogens is 2. The van der Waals surface area contributed by atoms with Crippen LogP contribution < -0.4 is 10.3 Å². The van der Waals surface area contributed by atoms with Crippen LogP contribution in [0.25, 0.3) is 4.96 Å². The molecule has 0 bridgehead atoms. The average Bonchev–Trinajstić information content (AvgIpc) is 3.35. The van der Waals surface area contributed by atoms with Crippen LogP contribution in [0.15, 0.2) is 58.0 Å². The van der Waals surface area contributed by atoms with Crippen molar-refractivity contribution in [2.24, 2.45) is 0 Å². The Hall–Kier alpha value is -2.44. The van der Waals surface area contributed by atoms with Crippen molar-refractivity contribution in [2.45, 2.75) is 18.9 Å². The number of thiophene rings is 1. The van der Waals surface area contributed by atoms with Crippen LogP contribution in [0, 0.1) is 6.92 Å². The van der Waals surface area contributed by atoms with Gasteiger partial charge in [-0.1, -0.05) is 36.4 Å². The molecular formula is C19H14N2O2S2. The first-order valence-corrected chi connectivity index (χ1v) is 9.73. The van der Waals surface area contributed by atoms with Crippen LogP contribution in [0.3, 0.4) is 0 Å². The molecule has 0 saturated heterocycles. The van der Waals surface area contributed by atoms with E-state index in [0.29, 0.717) is 22.8 Å². The first kappa shape index (κ1) is 14.9. The van der Waals surface area contributed by atoms with Gasteiger partial charge in [0.1, 0.15) is 0 Å². The molecule has 1 atom stereocenters. The number of thiazole rings is 1. The second-order valence-electron chi connectivity index (χ2n) is 6.14. The van der Waals surface area contributed by atoms with E-state index < -0.39 is 5.60 Å². The van der Waals surface area contributed by atoms with Crippen LogP contribution in [0.1, 0.15) is 21.7 Å². The number of hydrogen-bond donors (Lipinski definition) is 0. The summed E-state index contributed by atoms with van der Waals surface area (Å²) < 4.78 is 8.10. The minimum absolute atomic E-state index is 0.0203. The lowest BCUT2D eigenvalue weighted by molar-refractivity contribution is 0.139. The van der Waals surface area contributed by atoms with E-state index in [-0.39, 0.29) is 5.56 Å². The van der Waals surface area contributed by atoms with Gasteiger partial charge < -0.3 is 4.74 Å². The summed E-state index contributed by atoms with van der Waals surface area (Å²) in [7, 11) is 0. The van der Waals surface area contributed by atoms with Crippen molar-refractivity contribution in [3.63, 3.8) is 0 Å². The maximum Gasteiger partial charge on any atom is 0.265 e. The van der Waals surface area contributed by atoms with E-state index in [4.69, 9.17) is 4.74 Å². The summed E-state index contributed by atoms with van der Waals surface area (Å²) >= 11 is 3.10. The Kier molecular flexibility index (Phi) is 3.14. The van der Waals surface area contributed by atoms with Gasteiger partial charge in [0, 0.05) is 23.1 Å².